The van der Waals surface area contributed by atoms with Crippen molar-refractivity contribution >= 4 is 35.1 Å². The standard InChI is InChI=1S/C29H27ClN4O7/c1-3-24(34-15-25(40-2)22(12-26(34)35)21-10-18(30)7-4-17(21)13-31)27(36)33-19-8-5-16(6-9-19)29(39)41-20-11-23(28(37)38)32-14-20/h4-10,12,15,20,23-24,32H,3,11,14H2,1-2H3,(H,33,36)(H,37,38)/t20-,23-,24?/m1/s1. The fourth-order valence-electron chi connectivity index (χ4n) is 4.61. The normalized spacial score (nSPS) is 16.8. The van der Waals surface area contributed by atoms with Gasteiger partial charge in [-0.05, 0) is 48.9 Å². The van der Waals surface area contributed by atoms with E-state index in [2.05, 4.69) is 16.7 Å². The number of nitriles is 1. The molecule has 4 rings (SSSR count). The van der Waals surface area contributed by atoms with Gasteiger partial charge in [0, 0.05) is 40.9 Å². The molecule has 3 N–H and O–H groups in total. The summed E-state index contributed by atoms with van der Waals surface area (Å²) in [6.07, 6.45) is 1.34. The number of carbonyl (C=O) groups is 3. The number of hydrogen-bond acceptors (Lipinski definition) is 8. The maximum atomic E-state index is 13.2. The van der Waals surface area contributed by atoms with Crippen LogP contribution in [0.15, 0.2) is 59.5 Å². The maximum absolute atomic E-state index is 13.2. The Morgan fingerprint density at radius 2 is 1.93 bits per heavy atom. The molecule has 0 saturated carbocycles. The molecule has 2 aromatic carbocycles. The van der Waals surface area contributed by atoms with Gasteiger partial charge in [0.2, 0.25) is 5.91 Å². The van der Waals surface area contributed by atoms with Crippen molar-refractivity contribution in [1.82, 2.24) is 9.88 Å². The minimum Gasteiger partial charge on any atom is -0.495 e. The number of aliphatic carboxylic acids is 1. The number of hydrogen-bond donors (Lipinski definition) is 3. The van der Waals surface area contributed by atoms with Gasteiger partial charge in [-0.3, -0.25) is 19.0 Å². The predicted octanol–water partition coefficient (Wildman–Crippen LogP) is 3.61. The van der Waals surface area contributed by atoms with Crippen LogP contribution >= 0.6 is 11.6 Å². The van der Waals surface area contributed by atoms with Gasteiger partial charge < -0.3 is 25.2 Å². The first-order chi connectivity index (χ1) is 19.6. The van der Waals surface area contributed by atoms with Gasteiger partial charge in [-0.25, -0.2) is 4.79 Å². The molecular weight excluding hydrogens is 552 g/mol. The van der Waals surface area contributed by atoms with E-state index in [1.807, 2.05) is 0 Å². The van der Waals surface area contributed by atoms with Crippen LogP contribution in [0.4, 0.5) is 5.69 Å². The Bertz CT molecular complexity index is 1580. The molecule has 1 aliphatic heterocycles. The van der Waals surface area contributed by atoms with E-state index in [9.17, 15) is 24.4 Å². The summed E-state index contributed by atoms with van der Waals surface area (Å²) in [5, 5.41) is 24.5. The van der Waals surface area contributed by atoms with Crippen LogP contribution in [0.5, 0.6) is 5.75 Å². The summed E-state index contributed by atoms with van der Waals surface area (Å²) < 4.78 is 12.2. The molecule has 212 valence electrons. The highest BCUT2D eigenvalue weighted by molar-refractivity contribution is 6.31. The number of benzene rings is 2. The monoisotopic (exact) mass is 578 g/mol. The number of anilines is 1. The summed E-state index contributed by atoms with van der Waals surface area (Å²) in [4.78, 5) is 49.9. The van der Waals surface area contributed by atoms with Crippen LogP contribution in [-0.4, -0.2) is 53.3 Å². The molecule has 2 heterocycles. The molecule has 1 fully saturated rings. The number of amides is 1. The van der Waals surface area contributed by atoms with Crippen LogP contribution in [0.25, 0.3) is 11.1 Å². The molecule has 1 aliphatic rings. The Balaban J connectivity index is 1.50. The number of halogens is 1. The van der Waals surface area contributed by atoms with Crippen molar-refractivity contribution in [3.8, 4) is 22.9 Å². The average Bonchev–Trinajstić information content (AvgIpc) is 3.43. The molecule has 0 radical (unpaired) electrons. The van der Waals surface area contributed by atoms with Crippen LogP contribution in [0, 0.1) is 11.3 Å². The third kappa shape index (κ3) is 6.57. The van der Waals surface area contributed by atoms with E-state index in [-0.39, 0.29) is 30.7 Å². The van der Waals surface area contributed by atoms with Crippen LogP contribution < -0.4 is 20.9 Å². The molecule has 3 aromatic rings. The second kappa shape index (κ2) is 12.7. The van der Waals surface area contributed by atoms with Crippen molar-refractivity contribution in [2.24, 2.45) is 0 Å². The zero-order valence-corrected chi connectivity index (χ0v) is 23.0. The third-order valence-electron chi connectivity index (χ3n) is 6.73. The molecule has 1 aromatic heterocycles. The lowest BCUT2D eigenvalue weighted by Gasteiger charge is -2.20. The number of carboxylic acid groups (broad SMARTS) is 1. The van der Waals surface area contributed by atoms with E-state index in [4.69, 9.17) is 26.2 Å². The van der Waals surface area contributed by atoms with Crippen LogP contribution in [0.3, 0.4) is 0 Å². The quantitative estimate of drug-likeness (QED) is 0.322. The molecule has 11 nitrogen and oxygen atoms in total. The number of esters is 1. The second-order valence-electron chi connectivity index (χ2n) is 9.36. The van der Waals surface area contributed by atoms with Gasteiger partial charge in [-0.15, -0.1) is 0 Å². The van der Waals surface area contributed by atoms with E-state index < -0.39 is 41.6 Å². The fraction of sp³-hybridized carbons (Fsp3) is 0.276. The SMILES string of the molecule is CCC(C(=O)Nc1ccc(C(=O)O[C@H]2CN[C@@H](C(=O)O)C2)cc1)n1cc(OC)c(-c2cc(Cl)ccc2C#N)cc1=O. The lowest BCUT2D eigenvalue weighted by atomic mass is 10.00. The maximum Gasteiger partial charge on any atom is 0.338 e. The number of aromatic nitrogens is 1. The van der Waals surface area contributed by atoms with Crippen molar-refractivity contribution in [3.63, 3.8) is 0 Å². The summed E-state index contributed by atoms with van der Waals surface area (Å²) in [7, 11) is 1.42. The Kier molecular flexibility index (Phi) is 9.07. The summed E-state index contributed by atoms with van der Waals surface area (Å²) in [6, 6.07) is 12.5. The van der Waals surface area contributed by atoms with Gasteiger partial charge in [-0.2, -0.15) is 5.26 Å². The number of carbonyl (C=O) groups excluding carboxylic acids is 2. The molecule has 0 aliphatic carbocycles. The number of carboxylic acids is 1. The molecule has 3 atom stereocenters. The largest absolute Gasteiger partial charge is 0.495 e. The second-order valence-corrected chi connectivity index (χ2v) is 9.79. The Labute approximate surface area is 240 Å². The average molecular weight is 579 g/mol. The summed E-state index contributed by atoms with van der Waals surface area (Å²) in [5.41, 5.74) is 1.28. The molecule has 12 heteroatoms. The first-order valence-corrected chi connectivity index (χ1v) is 13.1. The van der Waals surface area contributed by atoms with Gasteiger partial charge in [-0.1, -0.05) is 18.5 Å². The van der Waals surface area contributed by atoms with Crippen molar-refractivity contribution in [1.29, 1.82) is 5.26 Å². The van der Waals surface area contributed by atoms with E-state index in [0.717, 1.165) is 0 Å². The zero-order valence-electron chi connectivity index (χ0n) is 22.2. The minimum atomic E-state index is -1.00. The molecule has 1 saturated heterocycles. The predicted molar refractivity (Wildman–Crippen MR) is 150 cm³/mol. The minimum absolute atomic E-state index is 0.178. The number of pyridine rings is 1. The van der Waals surface area contributed by atoms with Crippen LogP contribution in [0.1, 0.15) is 41.7 Å². The Hall–Kier alpha value is -4.66. The molecule has 0 spiro atoms. The Morgan fingerprint density at radius 1 is 1.20 bits per heavy atom. The number of methoxy groups -OCH3 is 1. The summed E-state index contributed by atoms with van der Waals surface area (Å²) in [5.74, 6) is -1.79. The molecule has 41 heavy (non-hydrogen) atoms. The third-order valence-corrected chi connectivity index (χ3v) is 6.97. The van der Waals surface area contributed by atoms with E-state index >= 15 is 0 Å². The van der Waals surface area contributed by atoms with Crippen molar-refractivity contribution < 1.29 is 29.0 Å². The number of ether oxygens (including phenoxy) is 2. The van der Waals surface area contributed by atoms with Crippen LogP contribution in [0.2, 0.25) is 5.02 Å². The number of nitrogens with one attached hydrogen (secondary N) is 2. The van der Waals surface area contributed by atoms with Gasteiger partial charge >= 0.3 is 11.9 Å². The first-order valence-electron chi connectivity index (χ1n) is 12.7. The van der Waals surface area contributed by atoms with E-state index in [1.165, 1.54) is 48.2 Å². The van der Waals surface area contributed by atoms with Crippen molar-refractivity contribution in [2.45, 2.75) is 38.0 Å². The van der Waals surface area contributed by atoms with Gasteiger partial charge in [0.1, 0.15) is 23.9 Å². The van der Waals surface area contributed by atoms with Crippen molar-refractivity contribution in [3.05, 3.63) is 81.2 Å². The van der Waals surface area contributed by atoms with Crippen LogP contribution in [-0.2, 0) is 14.3 Å². The van der Waals surface area contributed by atoms with Gasteiger partial charge in [0.05, 0.1) is 30.5 Å². The first kappa shape index (κ1) is 29.3. The van der Waals surface area contributed by atoms with E-state index in [0.29, 0.717) is 27.4 Å². The molecular formula is C29H27ClN4O7. The topological polar surface area (TPSA) is 160 Å². The lowest BCUT2D eigenvalue weighted by Crippen LogP contribution is -2.32. The molecule has 1 amide bonds. The fourth-order valence-corrected chi connectivity index (χ4v) is 4.78. The van der Waals surface area contributed by atoms with Gasteiger partial charge in [0.15, 0.2) is 0 Å². The summed E-state index contributed by atoms with van der Waals surface area (Å²) in [6.45, 7) is 2.01. The van der Waals surface area contributed by atoms with Gasteiger partial charge in [0.25, 0.3) is 5.56 Å². The van der Waals surface area contributed by atoms with Crippen molar-refractivity contribution in [2.75, 3.05) is 19.0 Å². The highest BCUT2D eigenvalue weighted by Crippen LogP contribution is 2.33. The summed E-state index contributed by atoms with van der Waals surface area (Å²) >= 11 is 6.13. The number of rotatable bonds is 9. The molecule has 1 unspecified atom stereocenters. The Morgan fingerprint density at radius 3 is 2.54 bits per heavy atom. The zero-order chi connectivity index (χ0) is 29.7. The smallest absolute Gasteiger partial charge is 0.338 e. The van der Waals surface area contributed by atoms with E-state index in [1.54, 1.807) is 25.1 Å². The lowest BCUT2D eigenvalue weighted by molar-refractivity contribution is -0.139. The highest BCUT2D eigenvalue weighted by Gasteiger charge is 2.31. The highest BCUT2D eigenvalue weighted by atomic mass is 35.5. The number of nitrogens with zero attached hydrogens (tertiary/aromatic N) is 2. The molecule has 0 bridgehead atoms.